The molecule has 0 bridgehead atoms. The minimum atomic E-state index is 0.853. The highest BCUT2D eigenvalue weighted by molar-refractivity contribution is 6.14. The third-order valence-corrected chi connectivity index (χ3v) is 4.52. The monoisotopic (exact) mass is 321 g/mol. The fraction of sp³-hybridized carbons (Fsp3) is 0. The van der Waals surface area contributed by atoms with Gasteiger partial charge in [-0.25, -0.2) is 0 Å². The van der Waals surface area contributed by atoms with Gasteiger partial charge in [0.05, 0.1) is 5.69 Å². The predicted octanol–water partition coefficient (Wildman–Crippen LogP) is 6.83. The van der Waals surface area contributed by atoms with Crippen molar-refractivity contribution in [3.05, 3.63) is 110 Å². The van der Waals surface area contributed by atoms with Gasteiger partial charge in [0, 0.05) is 16.8 Å². The number of hydrogen-bond donors (Lipinski definition) is 0. The molecule has 4 aromatic rings. The molecule has 4 rings (SSSR count). The average Bonchev–Trinajstić information content (AvgIpc) is 2.69. The van der Waals surface area contributed by atoms with Crippen LogP contribution in [0.4, 0.5) is 11.4 Å². The van der Waals surface area contributed by atoms with Gasteiger partial charge in [0.2, 0.25) is 0 Å². The predicted molar refractivity (Wildman–Crippen MR) is 109 cm³/mol. The number of benzene rings is 4. The van der Waals surface area contributed by atoms with E-state index in [9.17, 15) is 0 Å². The maximum Gasteiger partial charge on any atom is 0.0546 e. The fourth-order valence-electron chi connectivity index (χ4n) is 3.35. The van der Waals surface area contributed by atoms with Gasteiger partial charge in [-0.3, -0.25) is 0 Å². The Morgan fingerprint density at radius 3 is 2.04 bits per heavy atom. The van der Waals surface area contributed by atoms with E-state index in [-0.39, 0.29) is 0 Å². The summed E-state index contributed by atoms with van der Waals surface area (Å²) in [5, 5.41) is 4.93. The van der Waals surface area contributed by atoms with Crippen molar-refractivity contribution in [2.75, 3.05) is 4.90 Å². The molecule has 0 saturated carbocycles. The van der Waals surface area contributed by atoms with E-state index in [2.05, 4.69) is 84.8 Å². The summed E-state index contributed by atoms with van der Waals surface area (Å²) in [6, 6.07) is 29.6. The number of allylic oxidation sites excluding steroid dienone is 1. The summed E-state index contributed by atoms with van der Waals surface area (Å²) in [6.45, 7) is 8.15. The Labute approximate surface area is 148 Å². The van der Waals surface area contributed by atoms with Crippen LogP contribution < -0.4 is 4.90 Å². The number of nitrogens with zero attached hydrogens (tertiary/aromatic N) is 1. The third-order valence-electron chi connectivity index (χ3n) is 4.52. The molecule has 1 heteroatoms. The van der Waals surface area contributed by atoms with E-state index < -0.39 is 0 Å². The van der Waals surface area contributed by atoms with Crippen LogP contribution >= 0.6 is 0 Å². The van der Waals surface area contributed by atoms with Gasteiger partial charge in [-0.15, -0.1) is 0 Å². The lowest BCUT2D eigenvalue weighted by atomic mass is 9.99. The van der Waals surface area contributed by atoms with E-state index in [1.165, 1.54) is 21.5 Å². The maximum atomic E-state index is 4.22. The zero-order chi connectivity index (χ0) is 17.2. The van der Waals surface area contributed by atoms with Crippen LogP contribution in [0.15, 0.2) is 110 Å². The maximum absolute atomic E-state index is 4.22. The SMILES string of the molecule is C=CC(=C)N(c1ccccc1)c1cc2ccccc2c2ccccc12. The molecule has 0 aliphatic rings. The molecule has 0 saturated heterocycles. The summed E-state index contributed by atoms with van der Waals surface area (Å²) in [7, 11) is 0. The largest absolute Gasteiger partial charge is 0.310 e. The summed E-state index contributed by atoms with van der Waals surface area (Å²) in [6.07, 6.45) is 1.80. The van der Waals surface area contributed by atoms with Crippen molar-refractivity contribution in [1.29, 1.82) is 0 Å². The van der Waals surface area contributed by atoms with Crippen molar-refractivity contribution >= 4 is 32.9 Å². The highest BCUT2D eigenvalue weighted by Crippen LogP contribution is 2.39. The van der Waals surface area contributed by atoms with Gasteiger partial charge in [0.1, 0.15) is 0 Å². The molecule has 0 amide bonds. The molecule has 25 heavy (non-hydrogen) atoms. The Hall–Kier alpha value is -3.32. The van der Waals surface area contributed by atoms with E-state index in [0.29, 0.717) is 0 Å². The van der Waals surface area contributed by atoms with E-state index in [1.807, 2.05) is 18.2 Å². The lowest BCUT2D eigenvalue weighted by molar-refractivity contribution is 1.24. The first-order valence-corrected chi connectivity index (χ1v) is 8.36. The smallest absolute Gasteiger partial charge is 0.0546 e. The van der Waals surface area contributed by atoms with Crippen LogP contribution in [0.1, 0.15) is 0 Å². The van der Waals surface area contributed by atoms with Crippen LogP contribution in [-0.2, 0) is 0 Å². The van der Waals surface area contributed by atoms with Crippen molar-refractivity contribution in [3.63, 3.8) is 0 Å². The first-order chi connectivity index (χ1) is 12.3. The Balaban J connectivity index is 2.09. The second-order valence-corrected chi connectivity index (χ2v) is 6.03. The van der Waals surface area contributed by atoms with Gasteiger partial charge in [0.25, 0.3) is 0 Å². The molecule has 0 heterocycles. The molecule has 0 fully saturated rings. The lowest BCUT2D eigenvalue weighted by Crippen LogP contribution is -2.14. The van der Waals surface area contributed by atoms with Gasteiger partial charge >= 0.3 is 0 Å². The quantitative estimate of drug-likeness (QED) is 0.294. The van der Waals surface area contributed by atoms with Crippen LogP contribution in [0.5, 0.6) is 0 Å². The molecule has 0 atom stereocenters. The molecule has 0 N–H and O–H groups in total. The highest BCUT2D eigenvalue weighted by atomic mass is 15.1. The van der Waals surface area contributed by atoms with E-state index >= 15 is 0 Å². The highest BCUT2D eigenvalue weighted by Gasteiger charge is 2.15. The van der Waals surface area contributed by atoms with E-state index in [0.717, 1.165) is 17.1 Å². The standard InChI is InChI=1S/C24H19N/c1-3-18(2)25(20-12-5-4-6-13-20)24-17-19-11-7-8-14-21(19)22-15-9-10-16-23(22)24/h3-17H,1-2H2. The van der Waals surface area contributed by atoms with Crippen molar-refractivity contribution in [1.82, 2.24) is 0 Å². The van der Waals surface area contributed by atoms with Crippen LogP contribution in [0.25, 0.3) is 21.5 Å². The van der Waals surface area contributed by atoms with Gasteiger partial charge in [-0.05, 0) is 40.4 Å². The molecule has 0 radical (unpaired) electrons. The molecular formula is C24H19N. The molecule has 4 aromatic carbocycles. The van der Waals surface area contributed by atoms with Crippen LogP contribution in [0.3, 0.4) is 0 Å². The molecule has 0 unspecified atom stereocenters. The molecule has 0 aliphatic heterocycles. The molecule has 120 valence electrons. The van der Waals surface area contributed by atoms with Crippen LogP contribution in [0.2, 0.25) is 0 Å². The zero-order valence-corrected chi connectivity index (χ0v) is 14.0. The topological polar surface area (TPSA) is 3.24 Å². The third kappa shape index (κ3) is 2.60. The van der Waals surface area contributed by atoms with Crippen molar-refractivity contribution in [3.8, 4) is 0 Å². The minimum absolute atomic E-state index is 0.853. The van der Waals surface area contributed by atoms with Crippen molar-refractivity contribution < 1.29 is 0 Å². The fourth-order valence-corrected chi connectivity index (χ4v) is 3.35. The Kier molecular flexibility index (Phi) is 3.83. The second-order valence-electron chi connectivity index (χ2n) is 6.03. The Morgan fingerprint density at radius 2 is 1.32 bits per heavy atom. The summed E-state index contributed by atoms with van der Waals surface area (Å²) < 4.78 is 0. The molecule has 1 nitrogen and oxygen atoms in total. The Bertz CT molecular complexity index is 1080. The van der Waals surface area contributed by atoms with Crippen molar-refractivity contribution in [2.24, 2.45) is 0 Å². The summed E-state index contributed by atoms with van der Waals surface area (Å²) in [5.41, 5.74) is 3.05. The number of rotatable bonds is 4. The lowest BCUT2D eigenvalue weighted by Gasteiger charge is -2.27. The van der Waals surface area contributed by atoms with Gasteiger partial charge < -0.3 is 4.90 Å². The number of hydrogen-bond acceptors (Lipinski definition) is 1. The normalized spacial score (nSPS) is 10.7. The Morgan fingerprint density at radius 1 is 0.720 bits per heavy atom. The van der Waals surface area contributed by atoms with Crippen LogP contribution in [0, 0.1) is 0 Å². The summed E-state index contributed by atoms with van der Waals surface area (Å²) in [5.74, 6) is 0. The number of fused-ring (bicyclic) bond motifs is 3. The average molecular weight is 321 g/mol. The minimum Gasteiger partial charge on any atom is -0.310 e. The van der Waals surface area contributed by atoms with Gasteiger partial charge in [-0.2, -0.15) is 0 Å². The molecule has 0 spiro atoms. The molecule has 0 aliphatic carbocycles. The van der Waals surface area contributed by atoms with E-state index in [1.54, 1.807) is 6.08 Å². The summed E-state index contributed by atoms with van der Waals surface area (Å²) >= 11 is 0. The molecular weight excluding hydrogens is 302 g/mol. The van der Waals surface area contributed by atoms with Gasteiger partial charge in [0.15, 0.2) is 0 Å². The first kappa shape index (κ1) is 15.2. The number of anilines is 2. The van der Waals surface area contributed by atoms with Gasteiger partial charge in [-0.1, -0.05) is 79.9 Å². The van der Waals surface area contributed by atoms with Crippen molar-refractivity contribution in [2.45, 2.75) is 0 Å². The second kappa shape index (κ2) is 6.29. The summed E-state index contributed by atoms with van der Waals surface area (Å²) in [4.78, 5) is 2.17. The molecule has 0 aromatic heterocycles. The van der Waals surface area contributed by atoms with E-state index in [4.69, 9.17) is 0 Å². The zero-order valence-electron chi connectivity index (χ0n) is 14.0. The first-order valence-electron chi connectivity index (χ1n) is 8.36. The van der Waals surface area contributed by atoms with Crippen LogP contribution in [-0.4, -0.2) is 0 Å². The number of para-hydroxylation sites is 1.